The van der Waals surface area contributed by atoms with Crippen LogP contribution in [0, 0.1) is 5.41 Å². The van der Waals surface area contributed by atoms with Gasteiger partial charge >= 0.3 is 12.8 Å². The predicted octanol–water partition coefficient (Wildman–Crippen LogP) is 3.99. The van der Waals surface area contributed by atoms with E-state index in [0.717, 1.165) is 63.4 Å². The van der Waals surface area contributed by atoms with Crippen LogP contribution in [0.5, 0.6) is 0 Å². The molecule has 7 nitrogen and oxygen atoms in total. The maximum atomic E-state index is 13.0. The van der Waals surface area contributed by atoms with Crippen molar-refractivity contribution in [2.75, 3.05) is 45.7 Å². The molecule has 0 bridgehead atoms. The van der Waals surface area contributed by atoms with Crippen molar-refractivity contribution >= 4 is 24.1 Å². The van der Waals surface area contributed by atoms with Crippen LogP contribution in [-0.2, 0) is 23.1 Å². The molecule has 2 aliphatic rings. The number of nitrogens with zero attached hydrogens (tertiary/aromatic N) is 2. The summed E-state index contributed by atoms with van der Waals surface area (Å²) in [6.45, 7) is 11.0. The average Bonchev–Trinajstić information content (AvgIpc) is 3.36. The first kappa shape index (κ1) is 24.2. The lowest BCUT2D eigenvalue weighted by molar-refractivity contribution is -0.152. The van der Waals surface area contributed by atoms with Gasteiger partial charge in [-0.1, -0.05) is 0 Å². The van der Waals surface area contributed by atoms with Crippen molar-refractivity contribution in [3.8, 4) is 0 Å². The van der Waals surface area contributed by atoms with Gasteiger partial charge in [-0.25, -0.2) is 4.57 Å². The van der Waals surface area contributed by atoms with Crippen LogP contribution in [0.25, 0.3) is 0 Å². The summed E-state index contributed by atoms with van der Waals surface area (Å²) < 4.78 is 29.7. The Balaban J connectivity index is 1.77. The first-order valence-corrected chi connectivity index (χ1v) is 13.2. The smallest absolute Gasteiger partial charge is 0.393 e. The number of esters is 1. The number of hydrogen-bond acceptors (Lipinski definition) is 8. The van der Waals surface area contributed by atoms with E-state index in [9.17, 15) is 9.36 Å². The van der Waals surface area contributed by atoms with Crippen LogP contribution in [0.3, 0.4) is 0 Å². The summed E-state index contributed by atoms with van der Waals surface area (Å²) in [5, 5.41) is 0. The molecule has 1 saturated carbocycles. The van der Waals surface area contributed by atoms with Crippen molar-refractivity contribution < 1.29 is 23.1 Å². The van der Waals surface area contributed by atoms with E-state index in [4.69, 9.17) is 13.8 Å². The van der Waals surface area contributed by atoms with Crippen molar-refractivity contribution in [2.24, 2.45) is 5.41 Å². The van der Waals surface area contributed by atoms with Gasteiger partial charge in [0.2, 0.25) is 0 Å². The minimum absolute atomic E-state index is 0.00332. The Labute approximate surface area is 174 Å². The zero-order chi connectivity index (χ0) is 21.0. The number of carbonyl (C=O) groups is 1. The van der Waals surface area contributed by atoms with E-state index in [1.54, 1.807) is 0 Å². The fourth-order valence-corrected chi connectivity index (χ4v) is 6.33. The van der Waals surface area contributed by atoms with E-state index in [1.165, 1.54) is 0 Å². The Bertz CT molecular complexity index is 569. The van der Waals surface area contributed by atoms with E-state index < -0.39 is 17.8 Å². The second-order valence-corrected chi connectivity index (χ2v) is 13.3. The van der Waals surface area contributed by atoms with Crippen LogP contribution < -0.4 is 0 Å². The van der Waals surface area contributed by atoms with Crippen LogP contribution >= 0.6 is 18.2 Å². The normalized spacial score (nSPS) is 22.1. The molecule has 1 atom stereocenters. The Hall–Kier alpha value is -0.110. The van der Waals surface area contributed by atoms with Crippen molar-refractivity contribution in [3.63, 3.8) is 0 Å². The molecule has 164 valence electrons. The summed E-state index contributed by atoms with van der Waals surface area (Å²) in [6.07, 6.45) is 2.53. The average molecular weight is 437 g/mol. The molecule has 0 aromatic heterocycles. The van der Waals surface area contributed by atoms with Gasteiger partial charge in [-0.2, -0.15) is 0 Å². The maximum absolute atomic E-state index is 13.0. The largest absolute Gasteiger partial charge is 0.454 e. The van der Waals surface area contributed by atoms with Gasteiger partial charge in [-0.05, 0) is 67.5 Å². The third-order valence-electron chi connectivity index (χ3n) is 4.79. The lowest BCUT2D eigenvalue weighted by atomic mass is 9.89. The minimum Gasteiger partial charge on any atom is -0.454 e. The predicted molar refractivity (Wildman–Crippen MR) is 113 cm³/mol. The molecule has 0 spiro atoms. The van der Waals surface area contributed by atoms with Crippen LogP contribution in [0.15, 0.2) is 0 Å². The Morgan fingerprint density at radius 3 is 2.25 bits per heavy atom. The first-order valence-electron chi connectivity index (χ1n) is 10.1. The molecule has 0 N–H and O–H groups in total. The molecule has 0 aromatic carbocycles. The van der Waals surface area contributed by atoms with Gasteiger partial charge in [-0.15, -0.1) is 0 Å². The zero-order valence-corrected chi connectivity index (χ0v) is 19.9. The number of piperazine rings is 1. The van der Waals surface area contributed by atoms with Crippen LogP contribution in [0.1, 0.15) is 53.9 Å². The zero-order valence-electron chi connectivity index (χ0n) is 18.2. The molecule has 9 heteroatoms. The van der Waals surface area contributed by atoms with E-state index in [2.05, 4.69) is 16.8 Å². The van der Waals surface area contributed by atoms with Crippen molar-refractivity contribution in [3.05, 3.63) is 0 Å². The summed E-state index contributed by atoms with van der Waals surface area (Å²) in [4.78, 5) is 17.3. The standard InChI is InChI=1S/C19H37N2O5PS/c1-18(2,3)26-27(23,25-16-7-8-16)28-15-24-17(22)19(4,5)9-10-21-13-11-20(6)12-14-21/h16H,7-15H2,1-6H3. The molecule has 1 aliphatic carbocycles. The number of ether oxygens (including phenoxy) is 1. The molecule has 1 saturated heterocycles. The molecule has 1 aliphatic heterocycles. The second kappa shape index (κ2) is 9.80. The highest BCUT2D eigenvalue weighted by molar-refractivity contribution is 8.55. The number of rotatable bonds is 10. The molecule has 0 aromatic rings. The van der Waals surface area contributed by atoms with Gasteiger partial charge in [0.05, 0.1) is 17.1 Å². The van der Waals surface area contributed by atoms with Gasteiger partial charge in [0.1, 0.15) is 5.94 Å². The van der Waals surface area contributed by atoms with Gasteiger partial charge in [0, 0.05) is 37.6 Å². The molecule has 0 amide bonds. The highest BCUT2D eigenvalue weighted by Gasteiger charge is 2.39. The topological polar surface area (TPSA) is 68.3 Å². The minimum atomic E-state index is -3.36. The van der Waals surface area contributed by atoms with Gasteiger partial charge < -0.3 is 14.5 Å². The summed E-state index contributed by atoms with van der Waals surface area (Å²) in [5.74, 6) is -0.306. The molecule has 2 rings (SSSR count). The van der Waals surface area contributed by atoms with Crippen molar-refractivity contribution in [1.29, 1.82) is 0 Å². The molecule has 0 radical (unpaired) electrons. The molecular weight excluding hydrogens is 399 g/mol. The van der Waals surface area contributed by atoms with E-state index in [0.29, 0.717) is 0 Å². The van der Waals surface area contributed by atoms with Crippen LogP contribution in [0.2, 0.25) is 0 Å². The number of likely N-dealkylation sites (N-methyl/N-ethyl adjacent to an activating group) is 1. The number of hydrogen-bond donors (Lipinski definition) is 0. The number of carbonyl (C=O) groups excluding carboxylic acids is 1. The lowest BCUT2D eigenvalue weighted by Crippen LogP contribution is -2.45. The molecule has 1 unspecified atom stereocenters. The fraction of sp³-hybridized carbons (Fsp3) is 0.947. The fourth-order valence-electron chi connectivity index (χ4n) is 2.72. The van der Waals surface area contributed by atoms with E-state index >= 15 is 0 Å². The van der Waals surface area contributed by atoms with Crippen LogP contribution in [-0.4, -0.2) is 73.2 Å². The highest BCUT2D eigenvalue weighted by atomic mass is 32.7. The SMILES string of the molecule is CN1CCN(CCC(C)(C)C(=O)OCSP(=O)(OC2CC2)OC(C)(C)C)CC1. The van der Waals surface area contributed by atoms with Crippen LogP contribution in [0.4, 0.5) is 0 Å². The summed E-state index contributed by atoms with van der Waals surface area (Å²) in [7, 11) is 2.13. The third-order valence-corrected chi connectivity index (χ3v) is 8.40. The molecular formula is C19H37N2O5PS. The Kier molecular flexibility index (Phi) is 8.46. The van der Waals surface area contributed by atoms with Crippen molar-refractivity contribution in [2.45, 2.75) is 65.6 Å². The van der Waals surface area contributed by atoms with E-state index in [1.807, 2.05) is 34.6 Å². The van der Waals surface area contributed by atoms with E-state index in [-0.39, 0.29) is 18.0 Å². The summed E-state index contributed by atoms with van der Waals surface area (Å²) in [5.41, 5.74) is -1.18. The molecule has 2 fully saturated rings. The maximum Gasteiger partial charge on any atom is 0.393 e. The van der Waals surface area contributed by atoms with Gasteiger partial charge in [0.15, 0.2) is 0 Å². The molecule has 28 heavy (non-hydrogen) atoms. The monoisotopic (exact) mass is 436 g/mol. The third kappa shape index (κ3) is 8.72. The van der Waals surface area contributed by atoms with Crippen molar-refractivity contribution in [1.82, 2.24) is 9.80 Å². The summed E-state index contributed by atoms with van der Waals surface area (Å²) in [6, 6.07) is 0. The highest BCUT2D eigenvalue weighted by Crippen LogP contribution is 2.65. The quantitative estimate of drug-likeness (QED) is 0.289. The Morgan fingerprint density at radius 1 is 1.11 bits per heavy atom. The lowest BCUT2D eigenvalue weighted by Gasteiger charge is -2.34. The second-order valence-electron chi connectivity index (χ2n) is 9.41. The van der Waals surface area contributed by atoms with Gasteiger partial charge in [0.25, 0.3) is 0 Å². The Morgan fingerprint density at radius 2 is 1.71 bits per heavy atom. The summed E-state index contributed by atoms with van der Waals surface area (Å²) >= 11 is 0.962. The first-order chi connectivity index (χ1) is 12.9. The molecule has 1 heterocycles. The van der Waals surface area contributed by atoms with Gasteiger partial charge in [-0.3, -0.25) is 13.8 Å².